The van der Waals surface area contributed by atoms with Crippen LogP contribution in [0.15, 0.2) is 16.6 Å². The number of ether oxygens (including phenoxy) is 1. The maximum atomic E-state index is 11.3. The van der Waals surface area contributed by atoms with Crippen LogP contribution in [0.3, 0.4) is 0 Å². The standard InChI is InChI=1S/C12H14BBrN4O4/c1-5(2)22-11-7(13(20)21)3-6(4-8(11)14)9-10(12(15)19)17-18-16-9/h3-5,20-21H,1-2H3,(H2,15,19)(H,16,17,18). The highest BCUT2D eigenvalue weighted by Gasteiger charge is 2.24. The summed E-state index contributed by atoms with van der Waals surface area (Å²) in [7, 11) is -1.76. The Labute approximate surface area is 134 Å². The number of rotatable bonds is 5. The first kappa shape index (κ1) is 16.5. The number of benzene rings is 1. The monoisotopic (exact) mass is 368 g/mol. The van der Waals surface area contributed by atoms with Crippen LogP contribution in [-0.4, -0.2) is 44.6 Å². The average molecular weight is 369 g/mol. The summed E-state index contributed by atoms with van der Waals surface area (Å²) in [4.78, 5) is 11.3. The quantitative estimate of drug-likeness (QED) is 0.540. The van der Waals surface area contributed by atoms with E-state index in [0.29, 0.717) is 15.8 Å². The predicted molar refractivity (Wildman–Crippen MR) is 83.6 cm³/mol. The zero-order chi connectivity index (χ0) is 16.4. The number of aromatic amines is 1. The van der Waals surface area contributed by atoms with E-state index in [1.54, 1.807) is 6.07 Å². The number of hydrogen-bond donors (Lipinski definition) is 4. The fourth-order valence-electron chi connectivity index (χ4n) is 1.91. The maximum Gasteiger partial charge on any atom is 0.492 e. The molecule has 0 saturated heterocycles. The smallest absolute Gasteiger partial charge is 0.490 e. The molecule has 1 heterocycles. The molecule has 0 aliphatic rings. The summed E-state index contributed by atoms with van der Waals surface area (Å²) >= 11 is 3.32. The topological polar surface area (TPSA) is 134 Å². The number of hydrogen-bond acceptors (Lipinski definition) is 6. The molecule has 5 N–H and O–H groups in total. The van der Waals surface area contributed by atoms with Gasteiger partial charge in [0.25, 0.3) is 5.91 Å². The molecule has 0 aliphatic heterocycles. The first-order valence-electron chi connectivity index (χ1n) is 6.38. The van der Waals surface area contributed by atoms with Gasteiger partial charge in [0.1, 0.15) is 11.4 Å². The number of halogens is 1. The summed E-state index contributed by atoms with van der Waals surface area (Å²) in [5.41, 5.74) is 5.98. The number of carbonyl (C=O) groups excluding carboxylic acids is 1. The molecule has 22 heavy (non-hydrogen) atoms. The van der Waals surface area contributed by atoms with Gasteiger partial charge in [-0.3, -0.25) is 4.79 Å². The molecule has 0 spiro atoms. The van der Waals surface area contributed by atoms with Gasteiger partial charge in [-0.2, -0.15) is 15.4 Å². The Morgan fingerprint density at radius 3 is 2.64 bits per heavy atom. The van der Waals surface area contributed by atoms with Gasteiger partial charge < -0.3 is 20.5 Å². The summed E-state index contributed by atoms with van der Waals surface area (Å²) in [6.45, 7) is 3.63. The summed E-state index contributed by atoms with van der Waals surface area (Å²) in [6.07, 6.45) is -0.159. The molecule has 0 bridgehead atoms. The highest BCUT2D eigenvalue weighted by molar-refractivity contribution is 9.10. The number of carbonyl (C=O) groups is 1. The van der Waals surface area contributed by atoms with Crippen LogP contribution >= 0.6 is 15.9 Å². The van der Waals surface area contributed by atoms with E-state index in [1.165, 1.54) is 6.07 Å². The molecule has 2 rings (SSSR count). The zero-order valence-corrected chi connectivity index (χ0v) is 13.5. The lowest BCUT2D eigenvalue weighted by Gasteiger charge is -2.17. The summed E-state index contributed by atoms with van der Waals surface area (Å²) < 4.78 is 6.07. The van der Waals surface area contributed by atoms with Crippen LogP contribution in [0.25, 0.3) is 11.3 Å². The third kappa shape index (κ3) is 3.29. The van der Waals surface area contributed by atoms with Crippen molar-refractivity contribution in [3.8, 4) is 17.0 Å². The maximum absolute atomic E-state index is 11.3. The van der Waals surface area contributed by atoms with Crippen molar-refractivity contribution >= 4 is 34.4 Å². The lowest BCUT2D eigenvalue weighted by atomic mass is 9.78. The van der Waals surface area contributed by atoms with Gasteiger partial charge in [-0.15, -0.1) is 0 Å². The second kappa shape index (κ2) is 6.47. The number of nitrogens with one attached hydrogen (secondary N) is 1. The molecule has 0 fully saturated rings. The van der Waals surface area contributed by atoms with Gasteiger partial charge in [0, 0.05) is 11.0 Å². The SMILES string of the molecule is CC(C)Oc1c(Br)cc(-c2n[nH]nc2C(N)=O)cc1B(O)O. The van der Waals surface area contributed by atoms with E-state index in [4.69, 9.17) is 10.5 Å². The Bertz CT molecular complexity index is 704. The van der Waals surface area contributed by atoms with Crippen molar-refractivity contribution in [3.63, 3.8) is 0 Å². The lowest BCUT2D eigenvalue weighted by Crippen LogP contribution is -2.33. The Balaban J connectivity index is 2.60. The minimum absolute atomic E-state index is 0.0391. The Hall–Kier alpha value is -1.91. The van der Waals surface area contributed by atoms with Gasteiger partial charge in [-0.1, -0.05) is 0 Å². The van der Waals surface area contributed by atoms with Crippen LogP contribution in [0.1, 0.15) is 24.3 Å². The van der Waals surface area contributed by atoms with Crippen molar-refractivity contribution in [1.82, 2.24) is 15.4 Å². The van der Waals surface area contributed by atoms with Crippen LogP contribution in [0, 0.1) is 0 Å². The summed E-state index contributed by atoms with van der Waals surface area (Å²) in [5.74, 6) is -0.439. The summed E-state index contributed by atoms with van der Waals surface area (Å²) in [5, 5.41) is 29.0. The van der Waals surface area contributed by atoms with Crippen molar-refractivity contribution in [2.45, 2.75) is 20.0 Å². The molecule has 0 unspecified atom stereocenters. The highest BCUT2D eigenvalue weighted by Crippen LogP contribution is 2.30. The van der Waals surface area contributed by atoms with Gasteiger partial charge in [0.2, 0.25) is 0 Å². The molecular formula is C12H14BBrN4O4. The predicted octanol–water partition coefficient (Wildman–Crippen LogP) is -0.200. The third-order valence-electron chi connectivity index (χ3n) is 2.76. The minimum Gasteiger partial charge on any atom is -0.490 e. The van der Waals surface area contributed by atoms with E-state index in [2.05, 4.69) is 31.3 Å². The molecule has 8 nitrogen and oxygen atoms in total. The van der Waals surface area contributed by atoms with Crippen molar-refractivity contribution in [2.24, 2.45) is 5.73 Å². The lowest BCUT2D eigenvalue weighted by molar-refractivity contribution is 0.0996. The number of primary amides is 1. The first-order valence-corrected chi connectivity index (χ1v) is 7.17. The van der Waals surface area contributed by atoms with Crippen molar-refractivity contribution in [2.75, 3.05) is 0 Å². The average Bonchev–Trinajstić information content (AvgIpc) is 2.89. The van der Waals surface area contributed by atoms with Crippen molar-refractivity contribution < 1.29 is 19.6 Å². The van der Waals surface area contributed by atoms with Crippen LogP contribution < -0.4 is 15.9 Å². The molecule has 1 aromatic carbocycles. The number of H-pyrrole nitrogens is 1. The van der Waals surface area contributed by atoms with Crippen LogP contribution in [0.4, 0.5) is 0 Å². The number of aromatic nitrogens is 3. The van der Waals surface area contributed by atoms with Crippen LogP contribution in [-0.2, 0) is 0 Å². The zero-order valence-electron chi connectivity index (χ0n) is 11.9. The van der Waals surface area contributed by atoms with Crippen molar-refractivity contribution in [3.05, 3.63) is 22.3 Å². The van der Waals surface area contributed by atoms with E-state index in [9.17, 15) is 14.8 Å². The highest BCUT2D eigenvalue weighted by atomic mass is 79.9. The normalized spacial score (nSPS) is 10.8. The van der Waals surface area contributed by atoms with Gasteiger partial charge in [-0.05, 0) is 41.9 Å². The van der Waals surface area contributed by atoms with Gasteiger partial charge >= 0.3 is 7.12 Å². The molecule has 1 amide bonds. The van der Waals surface area contributed by atoms with E-state index in [-0.39, 0.29) is 23.0 Å². The Kier molecular flexibility index (Phi) is 4.84. The number of nitrogens with zero attached hydrogens (tertiary/aromatic N) is 2. The Morgan fingerprint density at radius 1 is 1.41 bits per heavy atom. The molecule has 0 radical (unpaired) electrons. The van der Waals surface area contributed by atoms with Crippen molar-refractivity contribution in [1.29, 1.82) is 0 Å². The van der Waals surface area contributed by atoms with Gasteiger partial charge in [0.05, 0.1) is 10.6 Å². The summed E-state index contributed by atoms with van der Waals surface area (Å²) in [6, 6.07) is 3.09. The van der Waals surface area contributed by atoms with Crippen LogP contribution in [0.2, 0.25) is 0 Å². The van der Waals surface area contributed by atoms with Crippen LogP contribution in [0.5, 0.6) is 5.75 Å². The van der Waals surface area contributed by atoms with E-state index in [1.807, 2.05) is 13.8 Å². The van der Waals surface area contributed by atoms with E-state index >= 15 is 0 Å². The third-order valence-corrected chi connectivity index (χ3v) is 3.35. The first-order chi connectivity index (χ1) is 10.3. The van der Waals surface area contributed by atoms with E-state index in [0.717, 1.165) is 0 Å². The minimum atomic E-state index is -1.76. The Morgan fingerprint density at radius 2 is 2.09 bits per heavy atom. The largest absolute Gasteiger partial charge is 0.492 e. The second-order valence-corrected chi connectivity index (χ2v) is 5.66. The van der Waals surface area contributed by atoms with E-state index < -0.39 is 13.0 Å². The fourth-order valence-corrected chi connectivity index (χ4v) is 2.48. The molecule has 0 saturated carbocycles. The molecule has 116 valence electrons. The molecular weight excluding hydrogens is 355 g/mol. The number of amides is 1. The molecule has 0 atom stereocenters. The molecule has 1 aromatic heterocycles. The molecule has 10 heteroatoms. The number of nitrogens with two attached hydrogens (primary N) is 1. The van der Waals surface area contributed by atoms with Gasteiger partial charge in [0.15, 0.2) is 5.69 Å². The molecule has 2 aromatic rings. The van der Waals surface area contributed by atoms with Gasteiger partial charge in [-0.25, -0.2) is 0 Å². The fraction of sp³-hybridized carbons (Fsp3) is 0.250. The molecule has 0 aliphatic carbocycles. The second-order valence-electron chi connectivity index (χ2n) is 4.80.